The minimum Gasteiger partial charge on any atom is -0.123 e. The van der Waals surface area contributed by atoms with Crippen LogP contribution in [0, 0.1) is 5.92 Å². The highest BCUT2D eigenvalue weighted by Gasteiger charge is 2.20. The molecule has 0 N–H and O–H groups in total. The van der Waals surface area contributed by atoms with Crippen molar-refractivity contribution in [3.8, 4) is 0 Å². The van der Waals surface area contributed by atoms with Gasteiger partial charge in [0, 0.05) is 0 Å². The van der Waals surface area contributed by atoms with Crippen LogP contribution in [0.2, 0.25) is 0 Å². The zero-order chi connectivity index (χ0) is 6.69. The second-order valence-electron chi connectivity index (χ2n) is 2.94. The molecule has 0 unspecified atom stereocenters. The first kappa shape index (κ1) is 7.28. The normalized spacial score (nSPS) is 17.9. The van der Waals surface area contributed by atoms with Crippen LogP contribution < -0.4 is 0 Å². The largest absolute Gasteiger partial charge is 0.123 e. The van der Waals surface area contributed by atoms with E-state index in [2.05, 4.69) is 15.8 Å². The van der Waals surface area contributed by atoms with Crippen molar-refractivity contribution >= 4 is 14.2 Å². The lowest BCUT2D eigenvalue weighted by Gasteiger charge is -1.97. The van der Waals surface area contributed by atoms with E-state index in [1.807, 2.05) is 0 Å². The highest BCUT2D eigenvalue weighted by molar-refractivity contribution is 7.21. The maximum absolute atomic E-state index is 3.60. The van der Waals surface area contributed by atoms with Gasteiger partial charge in [-0.3, -0.25) is 0 Å². The first-order valence-corrected chi connectivity index (χ1v) is 4.39. The van der Waals surface area contributed by atoms with Gasteiger partial charge < -0.3 is 0 Å². The topological polar surface area (TPSA) is 0 Å². The Hall–Kier alpha value is 0.170. The molecular formula is C8H15P. The number of hydrogen-bond donors (Lipinski definition) is 0. The van der Waals surface area contributed by atoms with E-state index >= 15 is 0 Å². The molecule has 0 nitrogen and oxygen atoms in total. The first-order valence-electron chi connectivity index (χ1n) is 3.89. The summed E-state index contributed by atoms with van der Waals surface area (Å²) in [6, 6.07) is 0. The van der Waals surface area contributed by atoms with E-state index in [4.69, 9.17) is 0 Å². The molecule has 0 heterocycles. The van der Waals surface area contributed by atoms with Crippen LogP contribution in [0.5, 0.6) is 0 Å². The third-order valence-electron chi connectivity index (χ3n) is 1.98. The SMILES string of the molecule is CCC(=P)CCC1CC1. The molecule has 0 aromatic carbocycles. The highest BCUT2D eigenvalue weighted by atomic mass is 31.0. The lowest BCUT2D eigenvalue weighted by atomic mass is 10.1. The van der Waals surface area contributed by atoms with E-state index < -0.39 is 0 Å². The molecule has 9 heavy (non-hydrogen) atoms. The zero-order valence-electron chi connectivity index (χ0n) is 6.11. The Morgan fingerprint density at radius 2 is 2.22 bits per heavy atom. The molecule has 1 aliphatic carbocycles. The molecule has 1 heteroatoms. The maximum atomic E-state index is 3.60. The lowest BCUT2D eigenvalue weighted by Crippen LogP contribution is -1.90. The summed E-state index contributed by atoms with van der Waals surface area (Å²) >= 11 is 0. The number of hydrogen-bond acceptors (Lipinski definition) is 0. The van der Waals surface area contributed by atoms with Crippen molar-refractivity contribution < 1.29 is 0 Å². The fourth-order valence-corrected chi connectivity index (χ4v) is 1.11. The van der Waals surface area contributed by atoms with Crippen molar-refractivity contribution in [3.63, 3.8) is 0 Å². The summed E-state index contributed by atoms with van der Waals surface area (Å²) in [6.07, 6.45) is 6.90. The Morgan fingerprint density at radius 3 is 2.67 bits per heavy atom. The summed E-state index contributed by atoms with van der Waals surface area (Å²) < 4.78 is 0. The molecular weight excluding hydrogens is 127 g/mol. The summed E-state index contributed by atoms with van der Waals surface area (Å²) in [6.45, 7) is 2.20. The Balaban J connectivity index is 1.96. The van der Waals surface area contributed by atoms with E-state index in [1.165, 1.54) is 37.4 Å². The zero-order valence-corrected chi connectivity index (χ0v) is 7.11. The Bertz CT molecular complexity index is 103. The summed E-state index contributed by atoms with van der Waals surface area (Å²) in [5, 5.41) is 1.49. The summed E-state index contributed by atoms with van der Waals surface area (Å²) in [7, 11) is 3.60. The standard InChI is InChI=1S/C8H15P/c1-2-8(9)6-5-7-3-4-7/h7,9H,2-6H2,1H3. The predicted molar refractivity (Wildman–Crippen MR) is 45.6 cm³/mol. The van der Waals surface area contributed by atoms with Crippen molar-refractivity contribution in [2.75, 3.05) is 0 Å². The van der Waals surface area contributed by atoms with Crippen LogP contribution in [0.1, 0.15) is 39.0 Å². The van der Waals surface area contributed by atoms with Crippen LogP contribution in [-0.4, -0.2) is 5.29 Å². The Kier molecular flexibility index (Phi) is 2.72. The van der Waals surface area contributed by atoms with Gasteiger partial charge in [-0.2, -0.15) is 0 Å². The molecule has 0 bridgehead atoms. The molecule has 0 aromatic rings. The fourth-order valence-electron chi connectivity index (χ4n) is 0.962. The van der Waals surface area contributed by atoms with Gasteiger partial charge in [-0.05, 0) is 25.2 Å². The van der Waals surface area contributed by atoms with Gasteiger partial charge in [-0.15, -0.1) is 8.86 Å². The second-order valence-corrected chi connectivity index (χ2v) is 3.65. The van der Waals surface area contributed by atoms with Gasteiger partial charge >= 0.3 is 0 Å². The van der Waals surface area contributed by atoms with Gasteiger partial charge in [0.2, 0.25) is 0 Å². The minimum atomic E-state index is 1.09. The van der Waals surface area contributed by atoms with Crippen LogP contribution in [0.15, 0.2) is 0 Å². The molecule has 0 spiro atoms. The van der Waals surface area contributed by atoms with Crippen LogP contribution in [0.3, 0.4) is 0 Å². The third kappa shape index (κ3) is 3.01. The molecule has 0 radical (unpaired) electrons. The lowest BCUT2D eigenvalue weighted by molar-refractivity contribution is 0.757. The highest BCUT2D eigenvalue weighted by Crippen LogP contribution is 2.33. The summed E-state index contributed by atoms with van der Waals surface area (Å²) in [5.74, 6) is 1.09. The molecule has 1 fully saturated rings. The van der Waals surface area contributed by atoms with Crippen LogP contribution >= 0.6 is 8.86 Å². The van der Waals surface area contributed by atoms with Gasteiger partial charge in [0.25, 0.3) is 0 Å². The van der Waals surface area contributed by atoms with Crippen molar-refractivity contribution in [3.05, 3.63) is 0 Å². The van der Waals surface area contributed by atoms with Gasteiger partial charge in [0.15, 0.2) is 0 Å². The van der Waals surface area contributed by atoms with Crippen molar-refractivity contribution in [1.82, 2.24) is 0 Å². The molecule has 0 saturated heterocycles. The summed E-state index contributed by atoms with van der Waals surface area (Å²) in [5.41, 5.74) is 0. The molecule has 0 aromatic heterocycles. The molecule has 1 saturated carbocycles. The Morgan fingerprint density at radius 1 is 1.56 bits per heavy atom. The smallest absolute Gasteiger partial charge is 0.0277 e. The van der Waals surface area contributed by atoms with Gasteiger partial charge in [0.05, 0.1) is 0 Å². The molecule has 1 aliphatic rings. The first-order chi connectivity index (χ1) is 4.33. The molecule has 52 valence electrons. The van der Waals surface area contributed by atoms with Crippen LogP contribution in [0.25, 0.3) is 0 Å². The van der Waals surface area contributed by atoms with E-state index in [0.717, 1.165) is 5.92 Å². The average molecular weight is 142 g/mol. The third-order valence-corrected chi connectivity index (χ3v) is 2.58. The predicted octanol–water partition coefficient (Wildman–Crippen LogP) is 2.90. The van der Waals surface area contributed by atoms with Crippen LogP contribution in [0.4, 0.5) is 0 Å². The molecule has 0 amide bonds. The fraction of sp³-hybridized carbons (Fsp3) is 0.875. The van der Waals surface area contributed by atoms with Crippen molar-refractivity contribution in [1.29, 1.82) is 0 Å². The molecule has 1 rings (SSSR count). The van der Waals surface area contributed by atoms with Gasteiger partial charge in [-0.25, -0.2) is 0 Å². The van der Waals surface area contributed by atoms with Crippen LogP contribution in [-0.2, 0) is 0 Å². The van der Waals surface area contributed by atoms with Crippen molar-refractivity contribution in [2.24, 2.45) is 5.92 Å². The number of rotatable bonds is 4. The van der Waals surface area contributed by atoms with E-state index in [-0.39, 0.29) is 0 Å². The average Bonchev–Trinajstić information content (AvgIpc) is 2.65. The maximum Gasteiger partial charge on any atom is -0.0277 e. The molecule has 0 aliphatic heterocycles. The van der Waals surface area contributed by atoms with E-state index in [9.17, 15) is 0 Å². The van der Waals surface area contributed by atoms with E-state index in [0.29, 0.717) is 0 Å². The van der Waals surface area contributed by atoms with Gasteiger partial charge in [-0.1, -0.05) is 25.1 Å². The molecule has 0 atom stereocenters. The van der Waals surface area contributed by atoms with E-state index in [1.54, 1.807) is 0 Å². The minimum absolute atomic E-state index is 1.09. The van der Waals surface area contributed by atoms with Gasteiger partial charge in [0.1, 0.15) is 0 Å². The Labute approximate surface area is 59.9 Å². The second kappa shape index (κ2) is 3.37. The van der Waals surface area contributed by atoms with Crippen molar-refractivity contribution in [2.45, 2.75) is 39.0 Å². The quantitative estimate of drug-likeness (QED) is 0.529. The summed E-state index contributed by atoms with van der Waals surface area (Å²) in [4.78, 5) is 0. The monoisotopic (exact) mass is 142 g/mol.